The number of aromatic nitrogens is 2. The average Bonchev–Trinajstić information content (AvgIpc) is 3.10. The third-order valence-electron chi connectivity index (χ3n) is 3.28. The summed E-state index contributed by atoms with van der Waals surface area (Å²) in [7, 11) is 0. The lowest BCUT2D eigenvalue weighted by Gasteiger charge is -2.07. The number of benzene rings is 2. The quantitative estimate of drug-likeness (QED) is 0.412. The fourth-order valence-corrected chi connectivity index (χ4v) is 3.12. The van der Waals surface area contributed by atoms with Crippen molar-refractivity contribution in [1.29, 1.82) is 0 Å². The summed E-state index contributed by atoms with van der Waals surface area (Å²) in [5, 5.41) is 25.1. The summed E-state index contributed by atoms with van der Waals surface area (Å²) >= 11 is 12.9. The Hall–Kier alpha value is -2.95. The van der Waals surface area contributed by atoms with Gasteiger partial charge in [0.2, 0.25) is 5.13 Å². The lowest BCUT2D eigenvalue weighted by molar-refractivity contribution is -0.384. The van der Waals surface area contributed by atoms with Crippen molar-refractivity contribution in [3.63, 3.8) is 0 Å². The molecule has 0 aliphatic rings. The first-order valence-electron chi connectivity index (χ1n) is 7.63. The van der Waals surface area contributed by atoms with Gasteiger partial charge in [0.15, 0.2) is 5.01 Å². The van der Waals surface area contributed by atoms with Gasteiger partial charge in [-0.25, -0.2) is 4.79 Å². The van der Waals surface area contributed by atoms with Crippen LogP contribution in [0, 0.1) is 10.1 Å². The lowest BCUT2D eigenvalue weighted by atomic mass is 10.3. The van der Waals surface area contributed by atoms with Gasteiger partial charge in [0, 0.05) is 17.2 Å². The van der Waals surface area contributed by atoms with Crippen molar-refractivity contribution in [2.24, 2.45) is 0 Å². The highest BCUT2D eigenvalue weighted by Crippen LogP contribution is 2.26. The molecule has 12 heteroatoms. The molecule has 2 N–H and O–H groups in total. The van der Waals surface area contributed by atoms with Gasteiger partial charge in [0.25, 0.3) is 5.69 Å². The highest BCUT2D eigenvalue weighted by Gasteiger charge is 2.11. The summed E-state index contributed by atoms with van der Waals surface area (Å²) < 4.78 is 5.49. The molecule has 0 saturated carbocycles. The Morgan fingerprint density at radius 1 is 1.14 bits per heavy atom. The second-order valence-electron chi connectivity index (χ2n) is 5.24. The molecule has 0 aliphatic carbocycles. The normalized spacial score (nSPS) is 10.4. The van der Waals surface area contributed by atoms with E-state index >= 15 is 0 Å². The maximum atomic E-state index is 12.0. The monoisotopic (exact) mass is 439 g/mol. The molecule has 28 heavy (non-hydrogen) atoms. The van der Waals surface area contributed by atoms with E-state index in [0.29, 0.717) is 26.5 Å². The number of hydrogen-bond acceptors (Lipinski definition) is 7. The predicted octanol–water partition coefficient (Wildman–Crippen LogP) is 4.98. The van der Waals surface area contributed by atoms with E-state index in [1.54, 1.807) is 12.1 Å². The number of amides is 2. The Kier molecular flexibility index (Phi) is 6.24. The van der Waals surface area contributed by atoms with Gasteiger partial charge in [-0.15, -0.1) is 10.2 Å². The molecular weight excluding hydrogens is 429 g/mol. The van der Waals surface area contributed by atoms with Crippen molar-refractivity contribution in [1.82, 2.24) is 10.2 Å². The van der Waals surface area contributed by atoms with Gasteiger partial charge in [0.1, 0.15) is 12.4 Å². The molecule has 0 atom stereocenters. The maximum absolute atomic E-state index is 12.0. The van der Waals surface area contributed by atoms with Gasteiger partial charge in [0.05, 0.1) is 15.6 Å². The number of hydrogen-bond donors (Lipinski definition) is 2. The molecule has 0 radical (unpaired) electrons. The van der Waals surface area contributed by atoms with Gasteiger partial charge >= 0.3 is 6.03 Å². The Balaban J connectivity index is 1.53. The van der Waals surface area contributed by atoms with E-state index in [1.807, 2.05) is 0 Å². The van der Waals surface area contributed by atoms with E-state index in [4.69, 9.17) is 27.9 Å². The van der Waals surface area contributed by atoms with E-state index in [9.17, 15) is 14.9 Å². The maximum Gasteiger partial charge on any atom is 0.325 e. The number of anilines is 2. The van der Waals surface area contributed by atoms with Crippen LogP contribution in [0.5, 0.6) is 5.75 Å². The van der Waals surface area contributed by atoms with Gasteiger partial charge in [-0.2, -0.15) is 0 Å². The number of nitrogens with one attached hydrogen (secondary N) is 2. The molecule has 0 fully saturated rings. The summed E-state index contributed by atoms with van der Waals surface area (Å²) in [5.74, 6) is 0.449. The van der Waals surface area contributed by atoms with Gasteiger partial charge in [-0.3, -0.25) is 15.4 Å². The molecule has 3 rings (SSSR count). The number of halogens is 2. The molecule has 2 aromatic carbocycles. The van der Waals surface area contributed by atoms with Crippen molar-refractivity contribution in [2.75, 3.05) is 10.6 Å². The summed E-state index contributed by atoms with van der Waals surface area (Å²) in [6, 6.07) is 9.81. The molecule has 144 valence electrons. The average molecular weight is 440 g/mol. The first-order valence-corrected chi connectivity index (χ1v) is 9.20. The molecule has 0 bridgehead atoms. The number of non-ortho nitro benzene ring substituents is 1. The number of nitrogens with zero attached hydrogens (tertiary/aromatic N) is 3. The van der Waals surface area contributed by atoms with Gasteiger partial charge in [-0.05, 0) is 30.3 Å². The number of carbonyl (C=O) groups excluding carboxylic acids is 1. The van der Waals surface area contributed by atoms with E-state index < -0.39 is 11.0 Å². The van der Waals surface area contributed by atoms with E-state index in [-0.39, 0.29) is 17.4 Å². The van der Waals surface area contributed by atoms with Crippen LogP contribution in [-0.2, 0) is 6.61 Å². The van der Waals surface area contributed by atoms with E-state index in [0.717, 1.165) is 11.3 Å². The second kappa shape index (κ2) is 8.83. The molecule has 2 amide bonds. The van der Waals surface area contributed by atoms with Crippen LogP contribution >= 0.6 is 34.5 Å². The van der Waals surface area contributed by atoms with Crippen molar-refractivity contribution < 1.29 is 14.5 Å². The van der Waals surface area contributed by atoms with Crippen LogP contribution in [0.3, 0.4) is 0 Å². The van der Waals surface area contributed by atoms with Crippen LogP contribution in [0.25, 0.3) is 0 Å². The lowest BCUT2D eigenvalue weighted by Crippen LogP contribution is -2.19. The SMILES string of the molecule is O=C(Nc1nnc(COc2ccc([N+](=O)[O-])cc2)s1)Nc1ccc(Cl)cc1Cl. The third kappa shape index (κ3) is 5.28. The molecule has 3 aromatic rings. The molecule has 0 aliphatic heterocycles. The molecule has 1 heterocycles. The zero-order valence-corrected chi connectivity index (χ0v) is 16.2. The van der Waals surface area contributed by atoms with Crippen molar-refractivity contribution in [3.05, 3.63) is 67.6 Å². The fourth-order valence-electron chi connectivity index (χ4n) is 2.01. The molecule has 9 nitrogen and oxygen atoms in total. The molecule has 0 unspecified atom stereocenters. The number of urea groups is 1. The minimum Gasteiger partial charge on any atom is -0.486 e. The molecule has 0 saturated heterocycles. The highest BCUT2D eigenvalue weighted by atomic mass is 35.5. The minimum absolute atomic E-state index is 0.0263. The zero-order chi connectivity index (χ0) is 20.1. The standard InChI is InChI=1S/C16H11Cl2N5O4S/c17-9-1-6-13(12(18)7-9)19-15(24)20-16-22-21-14(28-16)8-27-11-4-2-10(3-5-11)23(25)26/h1-7H,8H2,(H2,19,20,22,24). The Morgan fingerprint density at radius 2 is 1.89 bits per heavy atom. The molecule has 1 aromatic heterocycles. The Morgan fingerprint density at radius 3 is 2.57 bits per heavy atom. The number of rotatable bonds is 6. The highest BCUT2D eigenvalue weighted by molar-refractivity contribution is 7.15. The van der Waals surface area contributed by atoms with Crippen molar-refractivity contribution >= 4 is 57.1 Å². The molecule has 0 spiro atoms. The smallest absolute Gasteiger partial charge is 0.325 e. The van der Waals surface area contributed by atoms with Crippen LogP contribution < -0.4 is 15.4 Å². The summed E-state index contributed by atoms with van der Waals surface area (Å²) in [6.45, 7) is 0.0990. The predicted molar refractivity (Wildman–Crippen MR) is 106 cm³/mol. The van der Waals surface area contributed by atoms with Crippen LogP contribution in [0.2, 0.25) is 10.0 Å². The van der Waals surface area contributed by atoms with Crippen LogP contribution in [0.15, 0.2) is 42.5 Å². The number of nitro groups is 1. The second-order valence-corrected chi connectivity index (χ2v) is 7.15. The number of carbonyl (C=O) groups is 1. The van der Waals surface area contributed by atoms with Crippen LogP contribution in [-0.4, -0.2) is 21.2 Å². The topological polar surface area (TPSA) is 119 Å². The zero-order valence-electron chi connectivity index (χ0n) is 13.9. The third-order valence-corrected chi connectivity index (χ3v) is 4.64. The summed E-state index contributed by atoms with van der Waals surface area (Å²) in [5.41, 5.74) is 0.372. The number of nitro benzene ring substituents is 1. The number of ether oxygens (including phenoxy) is 1. The van der Waals surface area contributed by atoms with Gasteiger partial charge in [-0.1, -0.05) is 34.5 Å². The van der Waals surface area contributed by atoms with Crippen molar-refractivity contribution in [3.8, 4) is 5.75 Å². The van der Waals surface area contributed by atoms with Crippen LogP contribution in [0.1, 0.15) is 5.01 Å². The Labute approximate surface area is 172 Å². The van der Waals surface area contributed by atoms with E-state index in [2.05, 4.69) is 20.8 Å². The summed E-state index contributed by atoms with van der Waals surface area (Å²) in [4.78, 5) is 22.2. The van der Waals surface area contributed by atoms with Crippen LogP contribution in [0.4, 0.5) is 21.3 Å². The van der Waals surface area contributed by atoms with E-state index in [1.165, 1.54) is 30.3 Å². The largest absolute Gasteiger partial charge is 0.486 e. The van der Waals surface area contributed by atoms with Gasteiger partial charge < -0.3 is 10.1 Å². The molecular formula is C16H11Cl2N5O4S. The van der Waals surface area contributed by atoms with Crippen molar-refractivity contribution in [2.45, 2.75) is 6.61 Å². The first-order chi connectivity index (χ1) is 13.4. The minimum atomic E-state index is -0.539. The summed E-state index contributed by atoms with van der Waals surface area (Å²) in [6.07, 6.45) is 0. The first kappa shape index (κ1) is 19.8. The Bertz CT molecular complexity index is 1010. The fraction of sp³-hybridized carbons (Fsp3) is 0.0625.